The van der Waals surface area contributed by atoms with Gasteiger partial charge in [-0.05, 0) is 42.3 Å². The highest BCUT2D eigenvalue weighted by Gasteiger charge is 2.11. The molecule has 0 radical (unpaired) electrons. The van der Waals surface area contributed by atoms with Gasteiger partial charge in [0.1, 0.15) is 11.3 Å². The number of fused-ring (bicyclic) bond motifs is 2. The number of nitrogens with zero attached hydrogens (tertiary/aromatic N) is 4. The molecule has 0 spiro atoms. The van der Waals surface area contributed by atoms with Gasteiger partial charge in [-0.2, -0.15) is 4.98 Å². The zero-order chi connectivity index (χ0) is 21.6. The maximum Gasteiger partial charge on any atom is 0.292 e. The molecule has 0 saturated heterocycles. The number of carbonyl (C=O) groups is 1. The van der Waals surface area contributed by atoms with E-state index < -0.39 is 0 Å². The van der Waals surface area contributed by atoms with E-state index in [1.807, 2.05) is 43.3 Å². The topological polar surface area (TPSA) is 119 Å². The molecule has 1 amide bonds. The van der Waals surface area contributed by atoms with Crippen molar-refractivity contribution >= 4 is 40.4 Å². The summed E-state index contributed by atoms with van der Waals surface area (Å²) >= 11 is 0. The molecule has 3 N–H and O–H groups in total. The van der Waals surface area contributed by atoms with Crippen LogP contribution in [0.25, 0.3) is 33.3 Å². The average molecular weight is 420 g/mol. The van der Waals surface area contributed by atoms with Crippen LogP contribution in [0.5, 0.6) is 0 Å². The molecule has 0 bridgehead atoms. The van der Waals surface area contributed by atoms with E-state index in [0.717, 1.165) is 28.0 Å². The number of benzene rings is 2. The van der Waals surface area contributed by atoms with Crippen LogP contribution in [0.1, 0.15) is 6.92 Å². The monoisotopic (exact) mass is 420 g/mol. The first kappa shape index (κ1) is 20.5. The van der Waals surface area contributed by atoms with Crippen molar-refractivity contribution in [1.82, 2.24) is 20.3 Å². The third-order valence-electron chi connectivity index (χ3n) is 4.91. The second kappa shape index (κ2) is 9.40. The van der Waals surface area contributed by atoms with Crippen molar-refractivity contribution in [1.29, 1.82) is 0 Å². The number of hydrogen-bond acceptors (Lipinski definition) is 8. The fourth-order valence-corrected chi connectivity index (χ4v) is 3.38. The van der Waals surface area contributed by atoms with E-state index in [2.05, 4.69) is 20.2 Å². The van der Waals surface area contributed by atoms with Crippen molar-refractivity contribution < 1.29 is 13.9 Å². The van der Waals surface area contributed by atoms with E-state index in [1.54, 1.807) is 6.20 Å². The molecule has 0 saturated carbocycles. The minimum Gasteiger partial charge on any atom is -0.424 e. The van der Waals surface area contributed by atoms with Crippen molar-refractivity contribution in [2.75, 3.05) is 43.5 Å². The fourth-order valence-electron chi connectivity index (χ4n) is 3.38. The molecule has 0 fully saturated rings. The average Bonchev–Trinajstić information content (AvgIpc) is 3.16. The Morgan fingerprint density at radius 3 is 2.71 bits per heavy atom. The molecule has 2 aromatic carbocycles. The second-order valence-electron chi connectivity index (χ2n) is 6.92. The number of anilines is 2. The van der Waals surface area contributed by atoms with Gasteiger partial charge >= 0.3 is 0 Å². The molecule has 31 heavy (non-hydrogen) atoms. The predicted molar refractivity (Wildman–Crippen MR) is 120 cm³/mol. The number of nitrogens with one attached hydrogen (secondary N) is 1. The zero-order valence-corrected chi connectivity index (χ0v) is 17.2. The van der Waals surface area contributed by atoms with Crippen molar-refractivity contribution in [2.45, 2.75) is 6.92 Å². The molecule has 0 unspecified atom stereocenters. The molecular weight excluding hydrogens is 396 g/mol. The summed E-state index contributed by atoms with van der Waals surface area (Å²) in [4.78, 5) is 26.3. The highest BCUT2D eigenvalue weighted by molar-refractivity contribution is 5.86. The first-order valence-corrected chi connectivity index (χ1v) is 10.1. The molecule has 0 aliphatic heterocycles. The van der Waals surface area contributed by atoms with E-state index in [0.29, 0.717) is 50.4 Å². The number of nitrogen functional groups attached to an aromatic ring is 1. The van der Waals surface area contributed by atoms with E-state index >= 15 is 0 Å². The lowest BCUT2D eigenvalue weighted by Crippen LogP contribution is -2.35. The van der Waals surface area contributed by atoms with Crippen molar-refractivity contribution in [3.8, 4) is 11.1 Å². The summed E-state index contributed by atoms with van der Waals surface area (Å²) in [5.41, 5.74) is 10.6. The Bertz CT molecular complexity index is 1190. The maximum atomic E-state index is 10.6. The maximum absolute atomic E-state index is 10.6. The number of aromatic nitrogens is 3. The Morgan fingerprint density at radius 2 is 1.90 bits per heavy atom. The molecule has 4 rings (SSSR count). The van der Waals surface area contributed by atoms with Crippen LogP contribution in [0.3, 0.4) is 0 Å². The summed E-state index contributed by atoms with van der Waals surface area (Å²) in [6.45, 7) is 4.94. The number of nitrogens with two attached hydrogens (primary N) is 1. The van der Waals surface area contributed by atoms with Gasteiger partial charge in [-0.3, -0.25) is 9.78 Å². The summed E-state index contributed by atoms with van der Waals surface area (Å²) in [5, 5.41) is 2.69. The summed E-state index contributed by atoms with van der Waals surface area (Å²) in [6, 6.07) is 11.9. The minimum atomic E-state index is 0.150. The SMILES string of the molecule is CCOCCN(CCNC=O)c1cnc2ccc(-c3ccc4oc(N)nc4c3)cc2n1. The summed E-state index contributed by atoms with van der Waals surface area (Å²) in [5.74, 6) is 0.733. The van der Waals surface area contributed by atoms with Crippen LogP contribution >= 0.6 is 0 Å². The molecule has 0 aliphatic rings. The van der Waals surface area contributed by atoms with Gasteiger partial charge in [-0.25, -0.2) is 4.98 Å². The third-order valence-corrected chi connectivity index (χ3v) is 4.91. The van der Waals surface area contributed by atoms with Crippen molar-refractivity contribution in [3.63, 3.8) is 0 Å². The van der Waals surface area contributed by atoms with Gasteiger partial charge in [0.25, 0.3) is 6.01 Å². The van der Waals surface area contributed by atoms with Crippen molar-refractivity contribution in [3.05, 3.63) is 42.6 Å². The minimum absolute atomic E-state index is 0.150. The molecule has 2 aromatic heterocycles. The summed E-state index contributed by atoms with van der Waals surface area (Å²) in [6.07, 6.45) is 2.44. The number of hydrogen-bond donors (Lipinski definition) is 2. The normalized spacial score (nSPS) is 11.1. The molecule has 0 atom stereocenters. The Balaban J connectivity index is 1.64. The van der Waals surface area contributed by atoms with Crippen LogP contribution < -0.4 is 16.0 Å². The number of rotatable bonds is 10. The number of ether oxygens (including phenoxy) is 1. The lowest BCUT2D eigenvalue weighted by atomic mass is 10.0. The van der Waals surface area contributed by atoms with Crippen LogP contribution in [-0.4, -0.2) is 54.2 Å². The molecular formula is C22H24N6O3. The van der Waals surface area contributed by atoms with E-state index in [9.17, 15) is 4.79 Å². The zero-order valence-electron chi connectivity index (χ0n) is 17.2. The van der Waals surface area contributed by atoms with Gasteiger partial charge in [0, 0.05) is 26.2 Å². The third kappa shape index (κ3) is 4.72. The largest absolute Gasteiger partial charge is 0.424 e. The molecule has 9 heteroatoms. The van der Waals surface area contributed by atoms with Crippen LogP contribution in [0.2, 0.25) is 0 Å². The highest BCUT2D eigenvalue weighted by atomic mass is 16.5. The van der Waals surface area contributed by atoms with Crippen LogP contribution in [0.15, 0.2) is 47.0 Å². The van der Waals surface area contributed by atoms with E-state index in [4.69, 9.17) is 19.9 Å². The van der Waals surface area contributed by atoms with Gasteiger partial charge < -0.3 is 25.1 Å². The highest BCUT2D eigenvalue weighted by Crippen LogP contribution is 2.27. The molecule has 160 valence electrons. The van der Waals surface area contributed by atoms with Gasteiger partial charge in [-0.15, -0.1) is 0 Å². The summed E-state index contributed by atoms with van der Waals surface area (Å²) < 4.78 is 10.8. The first-order chi connectivity index (χ1) is 15.2. The first-order valence-electron chi connectivity index (χ1n) is 10.1. The van der Waals surface area contributed by atoms with Crippen LogP contribution in [0, 0.1) is 0 Å². The lowest BCUT2D eigenvalue weighted by molar-refractivity contribution is -0.109. The molecule has 4 aromatic rings. The lowest BCUT2D eigenvalue weighted by Gasteiger charge is -2.23. The molecule has 9 nitrogen and oxygen atoms in total. The second-order valence-corrected chi connectivity index (χ2v) is 6.92. The number of amides is 1. The molecule has 0 aliphatic carbocycles. The van der Waals surface area contributed by atoms with Gasteiger partial charge in [-0.1, -0.05) is 12.1 Å². The number of oxazole rings is 1. The Labute approximate surface area is 179 Å². The van der Waals surface area contributed by atoms with E-state index in [-0.39, 0.29) is 6.01 Å². The Morgan fingerprint density at radius 1 is 1.10 bits per heavy atom. The standard InChI is InChI=1S/C22H24N6O3/c1-2-30-10-9-28(8-7-24-14-29)21-13-25-17-5-3-15(11-18(17)26-21)16-4-6-20-19(12-16)27-22(23)31-20/h3-6,11-14H,2,7-10H2,1H3,(H2,23,27)(H,24,29). The van der Waals surface area contributed by atoms with Gasteiger partial charge in [0.15, 0.2) is 5.58 Å². The van der Waals surface area contributed by atoms with Gasteiger partial charge in [0.2, 0.25) is 6.41 Å². The Kier molecular flexibility index (Phi) is 6.23. The number of carbonyl (C=O) groups excluding carboxylic acids is 1. The van der Waals surface area contributed by atoms with Crippen LogP contribution in [0.4, 0.5) is 11.8 Å². The predicted octanol–water partition coefficient (Wildman–Crippen LogP) is 2.61. The van der Waals surface area contributed by atoms with Gasteiger partial charge in [0.05, 0.1) is 23.8 Å². The summed E-state index contributed by atoms with van der Waals surface area (Å²) in [7, 11) is 0. The molecule has 2 heterocycles. The fraction of sp³-hybridized carbons (Fsp3) is 0.273. The van der Waals surface area contributed by atoms with Crippen molar-refractivity contribution in [2.24, 2.45) is 0 Å². The van der Waals surface area contributed by atoms with E-state index in [1.165, 1.54) is 0 Å². The smallest absolute Gasteiger partial charge is 0.292 e. The Hall–Kier alpha value is -3.72. The van der Waals surface area contributed by atoms with Crippen LogP contribution in [-0.2, 0) is 9.53 Å². The quantitative estimate of drug-likeness (QED) is 0.297.